The monoisotopic (exact) mass is 316 g/mol. The van der Waals surface area contributed by atoms with Gasteiger partial charge in [0.15, 0.2) is 0 Å². The van der Waals surface area contributed by atoms with Crippen LogP contribution in [0, 0.1) is 0 Å². The predicted molar refractivity (Wildman–Crippen MR) is 84.5 cm³/mol. The average Bonchev–Trinajstić information content (AvgIpc) is 2.50. The molecule has 1 saturated carbocycles. The molecule has 1 aliphatic rings. The van der Waals surface area contributed by atoms with Gasteiger partial charge in [-0.25, -0.2) is 4.39 Å². The van der Waals surface area contributed by atoms with Crippen LogP contribution in [0.4, 0.5) is 10.1 Å². The van der Waals surface area contributed by atoms with E-state index >= 15 is 0 Å². The molecule has 2 N–H and O–H groups in total. The minimum absolute atomic E-state index is 0.0796. The highest BCUT2D eigenvalue weighted by Gasteiger charge is 2.22. The summed E-state index contributed by atoms with van der Waals surface area (Å²) in [7, 11) is 0. The molecule has 0 atom stereocenters. The molecule has 2 aromatic rings. The average molecular weight is 316 g/mol. The first-order valence-corrected chi connectivity index (χ1v) is 7.51. The van der Waals surface area contributed by atoms with E-state index in [1.165, 1.54) is 12.3 Å². The number of aromatic amines is 1. The Morgan fingerprint density at radius 1 is 1.30 bits per heavy atom. The number of aromatic nitrogens is 1. The molecule has 0 unspecified atom stereocenters. The van der Waals surface area contributed by atoms with Gasteiger partial charge < -0.3 is 15.0 Å². The van der Waals surface area contributed by atoms with Gasteiger partial charge in [-0.15, -0.1) is 0 Å². The molecule has 0 bridgehead atoms. The third-order valence-electron chi connectivity index (χ3n) is 3.82. The van der Waals surface area contributed by atoms with Crippen LogP contribution in [0.2, 0.25) is 0 Å². The second kappa shape index (κ2) is 6.64. The maximum absolute atomic E-state index is 12.9. The fraction of sp³-hybridized carbons (Fsp3) is 0.294. The van der Waals surface area contributed by atoms with Crippen LogP contribution in [-0.2, 0) is 6.67 Å². The zero-order chi connectivity index (χ0) is 16.2. The van der Waals surface area contributed by atoms with Gasteiger partial charge in [0, 0.05) is 18.0 Å². The van der Waals surface area contributed by atoms with Crippen molar-refractivity contribution in [2.24, 2.45) is 0 Å². The van der Waals surface area contributed by atoms with Crippen molar-refractivity contribution >= 4 is 11.6 Å². The topological polar surface area (TPSA) is 71.2 Å². The molecule has 3 rings (SSSR count). The summed E-state index contributed by atoms with van der Waals surface area (Å²) in [6.07, 6.45) is 4.51. The minimum Gasteiger partial charge on any atom is -0.490 e. The van der Waals surface area contributed by atoms with Gasteiger partial charge in [0.25, 0.3) is 5.91 Å². The molecule has 1 amide bonds. The number of benzene rings is 1. The highest BCUT2D eigenvalue weighted by atomic mass is 19.1. The lowest BCUT2D eigenvalue weighted by Gasteiger charge is -2.27. The van der Waals surface area contributed by atoms with Crippen molar-refractivity contribution in [1.29, 1.82) is 0 Å². The largest absolute Gasteiger partial charge is 0.490 e. The Morgan fingerprint density at radius 2 is 2.13 bits per heavy atom. The van der Waals surface area contributed by atoms with Crippen molar-refractivity contribution < 1.29 is 13.9 Å². The number of alkyl halides is 1. The molecule has 1 fully saturated rings. The summed E-state index contributed by atoms with van der Waals surface area (Å²) in [5, 5.41) is 2.65. The van der Waals surface area contributed by atoms with Gasteiger partial charge in [-0.3, -0.25) is 9.59 Å². The molecule has 1 aliphatic carbocycles. The molecular weight excluding hydrogens is 299 g/mol. The number of carbonyl (C=O) groups excluding carboxylic acids is 1. The van der Waals surface area contributed by atoms with Crippen LogP contribution in [0.1, 0.15) is 35.2 Å². The number of amides is 1. The summed E-state index contributed by atoms with van der Waals surface area (Å²) >= 11 is 0. The summed E-state index contributed by atoms with van der Waals surface area (Å²) in [6, 6.07) is 7.54. The Kier molecular flexibility index (Phi) is 4.41. The number of hydrogen-bond donors (Lipinski definition) is 2. The number of carbonyl (C=O) groups is 1. The van der Waals surface area contributed by atoms with Crippen molar-refractivity contribution in [3.8, 4) is 5.75 Å². The maximum atomic E-state index is 12.9. The third-order valence-corrected chi connectivity index (χ3v) is 3.82. The summed E-state index contributed by atoms with van der Waals surface area (Å²) in [5.74, 6) is -0.0116. The predicted octanol–water partition coefficient (Wildman–Crippen LogP) is 3.03. The first-order chi connectivity index (χ1) is 11.2. The van der Waals surface area contributed by atoms with Crippen LogP contribution in [0.15, 0.2) is 41.3 Å². The lowest BCUT2D eigenvalue weighted by atomic mass is 9.96. The van der Waals surface area contributed by atoms with E-state index < -0.39 is 12.6 Å². The summed E-state index contributed by atoms with van der Waals surface area (Å²) in [4.78, 5) is 26.2. The molecule has 5 nitrogen and oxygen atoms in total. The fourth-order valence-corrected chi connectivity index (χ4v) is 2.32. The Balaban J connectivity index is 1.84. The standard InChI is InChI=1S/C17H17FN2O3/c18-10-11-4-5-14(15(8-11)23-13-2-1-3-13)17(22)20-12-6-7-19-16(21)9-12/h4-9,13H,1-3,10H2,(H2,19,20,21,22). The summed E-state index contributed by atoms with van der Waals surface area (Å²) in [6.45, 7) is -0.614. The number of H-pyrrole nitrogens is 1. The highest BCUT2D eigenvalue weighted by molar-refractivity contribution is 6.06. The Hall–Kier alpha value is -2.63. The highest BCUT2D eigenvalue weighted by Crippen LogP contribution is 2.29. The van der Waals surface area contributed by atoms with Gasteiger partial charge in [0.1, 0.15) is 12.4 Å². The second-order valence-electron chi connectivity index (χ2n) is 5.53. The van der Waals surface area contributed by atoms with Gasteiger partial charge in [-0.2, -0.15) is 0 Å². The number of hydrogen-bond acceptors (Lipinski definition) is 3. The van der Waals surface area contributed by atoms with Gasteiger partial charge in [0.05, 0.1) is 11.7 Å². The maximum Gasteiger partial charge on any atom is 0.259 e. The fourth-order valence-electron chi connectivity index (χ4n) is 2.32. The van der Waals surface area contributed by atoms with E-state index in [-0.39, 0.29) is 11.7 Å². The van der Waals surface area contributed by atoms with Crippen molar-refractivity contribution in [1.82, 2.24) is 4.98 Å². The molecule has 120 valence electrons. The summed E-state index contributed by atoms with van der Waals surface area (Å²) in [5.41, 5.74) is 0.880. The molecule has 1 aromatic carbocycles. The van der Waals surface area contributed by atoms with E-state index in [4.69, 9.17) is 4.74 Å². The smallest absolute Gasteiger partial charge is 0.259 e. The zero-order valence-corrected chi connectivity index (χ0v) is 12.5. The molecule has 23 heavy (non-hydrogen) atoms. The van der Waals surface area contributed by atoms with E-state index in [2.05, 4.69) is 10.3 Å². The number of rotatable bonds is 5. The third kappa shape index (κ3) is 3.59. The molecule has 0 radical (unpaired) electrons. The van der Waals surface area contributed by atoms with E-state index in [1.807, 2.05) is 0 Å². The van der Waals surface area contributed by atoms with E-state index in [0.717, 1.165) is 19.3 Å². The molecule has 0 spiro atoms. The number of nitrogens with one attached hydrogen (secondary N) is 2. The number of anilines is 1. The van der Waals surface area contributed by atoms with Crippen molar-refractivity contribution in [3.05, 3.63) is 58.0 Å². The minimum atomic E-state index is -0.614. The van der Waals surface area contributed by atoms with Crippen LogP contribution in [0.3, 0.4) is 0 Å². The first kappa shape index (κ1) is 15.3. The lowest BCUT2D eigenvalue weighted by Crippen LogP contribution is -2.26. The van der Waals surface area contributed by atoms with Crippen LogP contribution >= 0.6 is 0 Å². The van der Waals surface area contributed by atoms with Crippen LogP contribution in [0.5, 0.6) is 5.75 Å². The Labute approximate surface area is 132 Å². The van der Waals surface area contributed by atoms with Gasteiger partial charge in [0.2, 0.25) is 5.56 Å². The molecular formula is C17H17FN2O3. The van der Waals surface area contributed by atoms with Crippen LogP contribution in [0.25, 0.3) is 0 Å². The molecule has 1 aromatic heterocycles. The van der Waals surface area contributed by atoms with Crippen molar-refractivity contribution in [3.63, 3.8) is 0 Å². The summed E-state index contributed by atoms with van der Waals surface area (Å²) < 4.78 is 18.7. The molecule has 0 saturated heterocycles. The number of pyridine rings is 1. The number of halogens is 1. The van der Waals surface area contributed by atoms with E-state index in [9.17, 15) is 14.0 Å². The van der Waals surface area contributed by atoms with E-state index in [1.54, 1.807) is 24.3 Å². The van der Waals surface area contributed by atoms with Crippen LogP contribution in [-0.4, -0.2) is 17.0 Å². The van der Waals surface area contributed by atoms with Gasteiger partial charge in [-0.05, 0) is 43.0 Å². The quantitative estimate of drug-likeness (QED) is 0.890. The molecule has 6 heteroatoms. The van der Waals surface area contributed by atoms with Gasteiger partial charge in [-0.1, -0.05) is 6.07 Å². The van der Waals surface area contributed by atoms with Crippen molar-refractivity contribution in [2.75, 3.05) is 5.32 Å². The Morgan fingerprint density at radius 3 is 2.78 bits per heavy atom. The van der Waals surface area contributed by atoms with Gasteiger partial charge >= 0.3 is 0 Å². The lowest BCUT2D eigenvalue weighted by molar-refractivity contribution is 0.0991. The number of ether oxygens (including phenoxy) is 1. The van der Waals surface area contributed by atoms with Crippen molar-refractivity contribution in [2.45, 2.75) is 32.0 Å². The zero-order valence-electron chi connectivity index (χ0n) is 12.5. The Bertz CT molecular complexity index is 768. The second-order valence-corrected chi connectivity index (χ2v) is 5.53. The normalized spacial score (nSPS) is 14.1. The molecule has 0 aliphatic heterocycles. The first-order valence-electron chi connectivity index (χ1n) is 7.51. The SMILES string of the molecule is O=C(Nc1cc[nH]c(=O)c1)c1ccc(CF)cc1OC1CCC1. The van der Waals surface area contributed by atoms with Crippen LogP contribution < -0.4 is 15.6 Å². The van der Waals surface area contributed by atoms with E-state index in [0.29, 0.717) is 22.6 Å². The molecule has 1 heterocycles.